The zero-order chi connectivity index (χ0) is 12.0. The third-order valence-corrected chi connectivity index (χ3v) is 4.69. The summed E-state index contributed by atoms with van der Waals surface area (Å²) in [6.45, 7) is 8.01. The molecular formula is C13H23NO2. The monoisotopic (exact) mass is 225 g/mol. The Kier molecular flexibility index (Phi) is 2.77. The van der Waals surface area contributed by atoms with Gasteiger partial charge in [-0.1, -0.05) is 13.8 Å². The second-order valence-electron chi connectivity index (χ2n) is 5.97. The Balaban J connectivity index is 1.99. The molecule has 0 atom stereocenters. The summed E-state index contributed by atoms with van der Waals surface area (Å²) in [6.07, 6.45) is 3.40. The summed E-state index contributed by atoms with van der Waals surface area (Å²) in [7, 11) is 1.82. The van der Waals surface area contributed by atoms with Crippen LogP contribution in [0.2, 0.25) is 0 Å². The number of rotatable bonds is 2. The van der Waals surface area contributed by atoms with Crippen LogP contribution in [0.25, 0.3) is 0 Å². The smallest absolute Gasteiger partial charge is 0.219 e. The van der Waals surface area contributed by atoms with Gasteiger partial charge in [0.1, 0.15) is 0 Å². The van der Waals surface area contributed by atoms with Crippen molar-refractivity contribution < 1.29 is 9.53 Å². The van der Waals surface area contributed by atoms with E-state index >= 15 is 0 Å². The summed E-state index contributed by atoms with van der Waals surface area (Å²) in [6, 6.07) is 0. The minimum Gasteiger partial charge on any atom is -0.378 e. The van der Waals surface area contributed by atoms with Gasteiger partial charge in [0.25, 0.3) is 0 Å². The van der Waals surface area contributed by atoms with Crippen molar-refractivity contribution in [2.75, 3.05) is 20.2 Å². The Hall–Kier alpha value is -0.570. The number of ether oxygens (including phenoxy) is 1. The number of likely N-dealkylation sites (tertiary alicyclic amines) is 1. The highest BCUT2D eigenvalue weighted by Gasteiger charge is 2.58. The Labute approximate surface area is 98.1 Å². The number of methoxy groups -OCH3 is 1. The average Bonchev–Trinajstić information content (AvgIpc) is 2.58. The predicted octanol–water partition coefficient (Wildman–Crippen LogP) is 2.06. The molecule has 0 unspecified atom stereocenters. The van der Waals surface area contributed by atoms with Crippen LogP contribution in [0.4, 0.5) is 0 Å². The van der Waals surface area contributed by atoms with Gasteiger partial charge in [0.2, 0.25) is 5.91 Å². The van der Waals surface area contributed by atoms with Gasteiger partial charge in [-0.15, -0.1) is 0 Å². The van der Waals surface area contributed by atoms with Crippen LogP contribution in [-0.4, -0.2) is 36.6 Å². The molecule has 2 aliphatic rings. The third-order valence-electron chi connectivity index (χ3n) is 4.69. The minimum atomic E-state index is 0.0762. The molecule has 1 saturated carbocycles. The first kappa shape index (κ1) is 11.9. The van der Waals surface area contributed by atoms with Gasteiger partial charge in [0, 0.05) is 27.1 Å². The van der Waals surface area contributed by atoms with Crippen molar-refractivity contribution >= 4 is 5.91 Å². The fraction of sp³-hybridized carbons (Fsp3) is 0.923. The van der Waals surface area contributed by atoms with Crippen molar-refractivity contribution in [3.8, 4) is 0 Å². The highest BCUT2D eigenvalue weighted by Crippen LogP contribution is 2.58. The van der Waals surface area contributed by atoms with E-state index in [-0.39, 0.29) is 11.5 Å². The van der Waals surface area contributed by atoms with E-state index in [1.165, 1.54) is 0 Å². The molecule has 0 radical (unpaired) electrons. The van der Waals surface area contributed by atoms with Crippen molar-refractivity contribution in [1.29, 1.82) is 0 Å². The average molecular weight is 225 g/mol. The molecule has 3 heteroatoms. The summed E-state index contributed by atoms with van der Waals surface area (Å²) in [5.74, 6) is 0.783. The van der Waals surface area contributed by atoms with Gasteiger partial charge in [0.15, 0.2) is 0 Å². The number of hydrogen-bond acceptors (Lipinski definition) is 2. The molecule has 1 aliphatic carbocycles. The fourth-order valence-corrected chi connectivity index (χ4v) is 3.50. The van der Waals surface area contributed by atoms with Gasteiger partial charge < -0.3 is 9.64 Å². The summed E-state index contributed by atoms with van der Waals surface area (Å²) >= 11 is 0. The first-order valence-electron chi connectivity index (χ1n) is 6.24. The summed E-state index contributed by atoms with van der Waals surface area (Å²) in [5, 5.41) is 0. The van der Waals surface area contributed by atoms with Crippen LogP contribution in [0, 0.1) is 11.3 Å². The van der Waals surface area contributed by atoms with Crippen LogP contribution in [0.15, 0.2) is 0 Å². The van der Waals surface area contributed by atoms with E-state index in [1.807, 2.05) is 12.0 Å². The molecule has 92 valence electrons. The number of amides is 1. The lowest BCUT2D eigenvalue weighted by molar-refractivity contribution is -0.174. The highest BCUT2D eigenvalue weighted by molar-refractivity contribution is 5.73. The molecule has 2 fully saturated rings. The quantitative estimate of drug-likeness (QED) is 0.720. The van der Waals surface area contributed by atoms with Crippen LogP contribution in [0.3, 0.4) is 0 Å². The van der Waals surface area contributed by atoms with E-state index in [2.05, 4.69) is 13.8 Å². The zero-order valence-electron chi connectivity index (χ0n) is 10.9. The Morgan fingerprint density at radius 1 is 1.38 bits per heavy atom. The maximum absolute atomic E-state index is 11.3. The van der Waals surface area contributed by atoms with Gasteiger partial charge in [-0.25, -0.2) is 0 Å². The molecule has 1 saturated heterocycles. The Bertz CT molecular complexity index is 292. The minimum absolute atomic E-state index is 0.0762. The topological polar surface area (TPSA) is 29.5 Å². The van der Waals surface area contributed by atoms with Crippen molar-refractivity contribution in [2.45, 2.75) is 45.6 Å². The maximum atomic E-state index is 11.3. The molecule has 1 spiro atoms. The molecule has 0 aromatic rings. The van der Waals surface area contributed by atoms with Crippen molar-refractivity contribution in [3.63, 3.8) is 0 Å². The van der Waals surface area contributed by atoms with Crippen molar-refractivity contribution in [2.24, 2.45) is 11.3 Å². The van der Waals surface area contributed by atoms with Gasteiger partial charge in [-0.05, 0) is 30.6 Å². The van der Waals surface area contributed by atoms with Gasteiger partial charge >= 0.3 is 0 Å². The SMILES string of the molecule is COC1(C(C)C)CC2(CCN(C(C)=O)C2)C1. The normalized spacial score (nSPS) is 38.2. The van der Waals surface area contributed by atoms with Gasteiger partial charge in [-0.2, -0.15) is 0 Å². The van der Waals surface area contributed by atoms with E-state index < -0.39 is 0 Å². The summed E-state index contributed by atoms with van der Waals surface area (Å²) in [4.78, 5) is 13.3. The van der Waals surface area contributed by atoms with Crippen LogP contribution < -0.4 is 0 Å². The molecule has 3 nitrogen and oxygen atoms in total. The first-order valence-corrected chi connectivity index (χ1v) is 6.24. The lowest BCUT2D eigenvalue weighted by Crippen LogP contribution is -2.57. The number of carbonyl (C=O) groups excluding carboxylic acids is 1. The van der Waals surface area contributed by atoms with Crippen molar-refractivity contribution in [3.05, 3.63) is 0 Å². The van der Waals surface area contributed by atoms with E-state index in [9.17, 15) is 4.79 Å². The van der Waals surface area contributed by atoms with Crippen molar-refractivity contribution in [1.82, 2.24) is 4.90 Å². The zero-order valence-corrected chi connectivity index (χ0v) is 10.9. The van der Waals surface area contributed by atoms with Crippen LogP contribution in [0.1, 0.15) is 40.0 Å². The van der Waals surface area contributed by atoms with Gasteiger partial charge in [-0.3, -0.25) is 4.79 Å². The first-order chi connectivity index (χ1) is 7.43. The second-order valence-corrected chi connectivity index (χ2v) is 5.97. The van der Waals surface area contributed by atoms with Crippen LogP contribution in [0.5, 0.6) is 0 Å². The lowest BCUT2D eigenvalue weighted by atomic mass is 9.55. The molecule has 0 aromatic carbocycles. The Morgan fingerprint density at radius 3 is 2.38 bits per heavy atom. The molecule has 1 amide bonds. The largest absolute Gasteiger partial charge is 0.378 e. The summed E-state index contributed by atoms with van der Waals surface area (Å²) < 4.78 is 5.71. The molecule has 2 rings (SSSR count). The van der Waals surface area contributed by atoms with Crippen LogP contribution >= 0.6 is 0 Å². The number of nitrogens with zero attached hydrogens (tertiary/aromatic N) is 1. The molecule has 1 heterocycles. The van der Waals surface area contributed by atoms with Crippen LogP contribution in [-0.2, 0) is 9.53 Å². The molecule has 0 bridgehead atoms. The molecule has 0 N–H and O–H groups in total. The molecule has 0 aromatic heterocycles. The molecular weight excluding hydrogens is 202 g/mol. The second kappa shape index (κ2) is 3.73. The molecule has 1 aliphatic heterocycles. The molecule has 16 heavy (non-hydrogen) atoms. The van der Waals surface area contributed by atoms with E-state index in [0.717, 1.165) is 32.4 Å². The van der Waals surface area contributed by atoms with E-state index in [1.54, 1.807) is 6.92 Å². The van der Waals surface area contributed by atoms with E-state index in [0.29, 0.717) is 11.3 Å². The fourth-order valence-electron chi connectivity index (χ4n) is 3.50. The number of hydrogen-bond donors (Lipinski definition) is 0. The highest BCUT2D eigenvalue weighted by atomic mass is 16.5. The summed E-state index contributed by atoms with van der Waals surface area (Å²) in [5.41, 5.74) is 0.443. The standard InChI is InChI=1S/C13H23NO2/c1-10(2)13(16-4)7-12(8-13)5-6-14(9-12)11(3)15/h10H,5-9H2,1-4H3. The third kappa shape index (κ3) is 1.65. The van der Waals surface area contributed by atoms with E-state index in [4.69, 9.17) is 4.74 Å². The maximum Gasteiger partial charge on any atom is 0.219 e. The number of carbonyl (C=O) groups is 1. The Morgan fingerprint density at radius 2 is 2.00 bits per heavy atom. The lowest BCUT2D eigenvalue weighted by Gasteiger charge is -2.56. The predicted molar refractivity (Wildman–Crippen MR) is 63.1 cm³/mol. The van der Waals surface area contributed by atoms with Gasteiger partial charge in [0.05, 0.1) is 5.60 Å².